The van der Waals surface area contributed by atoms with Crippen LogP contribution in [0, 0.1) is 0 Å². The SMILES string of the molecule is C.C.C.C.C.C.C.C.C.C.C.C.C.CC(=O)N(C)C.CC(=O)N(C)C.CC(C)=O.CN(C)C.CN(C)C(=S)N(C)C.COC.COC(=S)N(C)C.COC(=S)N(C)C.COC(C)=O.COC(C)=O.CSC.CSC(=O)N(C)C.CSC(=O)N(C)C. The first-order valence-corrected chi connectivity index (χ1v) is 25.9. The molecule has 0 radical (unpaired) electrons. The van der Waals surface area contributed by atoms with Crippen molar-refractivity contribution in [2.45, 2.75) is 138 Å². The number of hydrogen-bond donors (Lipinski definition) is 0. The highest BCUT2D eigenvalue weighted by atomic mass is 32.2. The minimum Gasteiger partial charge on any atom is -0.474 e. The van der Waals surface area contributed by atoms with Crippen molar-refractivity contribution in [3.63, 3.8) is 0 Å². The predicted molar refractivity (Wildman–Crippen MR) is 412 cm³/mol. The number of rotatable bonds is 0. The van der Waals surface area contributed by atoms with E-state index < -0.39 is 0 Å². The van der Waals surface area contributed by atoms with Crippen LogP contribution in [0.2, 0.25) is 0 Å². The molecule has 0 aliphatic rings. The van der Waals surface area contributed by atoms with Gasteiger partial charge in [-0.15, -0.1) is 0 Å². The standard InChI is InChI=1S/C5H12N2S.4C4H9NOS.2C4H9NO.C3H9N.2C3H6O2.C3H6O.C2H6O.C2H6S.13CH4/c1-6(2)5(8)7(3)4;2*1-5(2)4(6)7-3;2*1-5(2)4(7)6-3;2*1-4(6)5(2)3;1-4(2)3;2*1-3(4)5-2;1-3(2)4;2*1-3-2;;;;;;;;;;;;;/h1-4H3;4*1-3H3;2*1-3H3;1-3H3;2*1-2H3;1-2H3;2*1-2H3;13*1H4. The number of carbonyl (C=O) groups is 7. The summed E-state index contributed by atoms with van der Waals surface area (Å²) < 4.78 is 21.8. The Bertz CT molecular complexity index is 1180. The number of hydrogen-bond acceptors (Lipinski definition) is 19. The maximum Gasteiger partial charge on any atom is 0.302 e. The number of thioether (sulfide) groups is 3. The first kappa shape index (κ1) is 171. The highest BCUT2D eigenvalue weighted by Crippen LogP contribution is 1.98. The van der Waals surface area contributed by atoms with Crippen molar-refractivity contribution in [3.05, 3.63) is 0 Å². The van der Waals surface area contributed by atoms with Crippen molar-refractivity contribution in [2.24, 2.45) is 0 Å². The van der Waals surface area contributed by atoms with Crippen molar-refractivity contribution >= 4 is 127 Å². The molecule has 0 aromatic carbocycles. The third kappa shape index (κ3) is 302. The van der Waals surface area contributed by atoms with Crippen LogP contribution in [-0.2, 0) is 47.7 Å². The molecule has 0 rings (SSSR count). The summed E-state index contributed by atoms with van der Waals surface area (Å²) in [5.41, 5.74) is 0. The topological polar surface area (TPSA) is 195 Å². The molecular formula is C58H157N9O12S6. The molecule has 542 valence electrons. The molecule has 4 amide bonds. The summed E-state index contributed by atoms with van der Waals surface area (Å²) in [7, 11) is 44.0. The van der Waals surface area contributed by atoms with Crippen molar-refractivity contribution in [1.29, 1.82) is 0 Å². The van der Waals surface area contributed by atoms with E-state index in [0.717, 1.165) is 5.11 Å². The molecule has 85 heavy (non-hydrogen) atoms. The molecule has 0 N–H and O–H groups in total. The lowest BCUT2D eigenvalue weighted by atomic mass is 10.6. The van der Waals surface area contributed by atoms with E-state index in [9.17, 15) is 33.6 Å². The minimum absolute atomic E-state index is 0. The van der Waals surface area contributed by atoms with Gasteiger partial charge in [-0.1, -0.05) is 120 Å². The van der Waals surface area contributed by atoms with Crippen molar-refractivity contribution in [3.8, 4) is 0 Å². The monoisotopic (exact) mass is 1360 g/mol. The van der Waals surface area contributed by atoms with Crippen molar-refractivity contribution in [1.82, 2.24) is 44.1 Å². The van der Waals surface area contributed by atoms with Gasteiger partial charge in [0.1, 0.15) is 5.78 Å². The molecule has 0 aromatic rings. The first-order valence-electron chi connectivity index (χ1n) is 20.6. The fraction of sp³-hybridized carbons (Fsp3) is 0.828. The van der Waals surface area contributed by atoms with Gasteiger partial charge < -0.3 is 72.6 Å². The summed E-state index contributed by atoms with van der Waals surface area (Å²) in [6, 6.07) is 0. The summed E-state index contributed by atoms with van der Waals surface area (Å²) in [5.74, 6) is -0.139. The molecule has 0 heterocycles. The second kappa shape index (κ2) is 135. The van der Waals surface area contributed by atoms with Gasteiger partial charge in [0, 0.05) is 155 Å². The Morgan fingerprint density at radius 1 is 0.306 bits per heavy atom. The van der Waals surface area contributed by atoms with E-state index in [1.807, 2.05) is 105 Å². The second-order valence-corrected chi connectivity index (χ2v) is 18.2. The van der Waals surface area contributed by atoms with Gasteiger partial charge in [-0.05, 0) is 96.7 Å². The lowest BCUT2D eigenvalue weighted by Crippen LogP contribution is -2.32. The van der Waals surface area contributed by atoms with Gasteiger partial charge in [-0.2, -0.15) is 11.8 Å². The van der Waals surface area contributed by atoms with E-state index in [1.165, 1.54) is 89.1 Å². The number of thiocarbonyl (C=S) groups is 3. The van der Waals surface area contributed by atoms with Crippen LogP contribution in [0.5, 0.6) is 0 Å². The van der Waals surface area contributed by atoms with Crippen molar-refractivity contribution < 1.29 is 57.2 Å². The van der Waals surface area contributed by atoms with Crippen LogP contribution in [-0.4, -0.2) is 301 Å². The Kier molecular flexibility index (Phi) is 271. The smallest absolute Gasteiger partial charge is 0.302 e. The van der Waals surface area contributed by atoms with E-state index in [4.69, 9.17) is 12.2 Å². The summed E-state index contributed by atoms with van der Waals surface area (Å²) in [5, 5.41) is 2.07. The molecule has 0 aromatic heterocycles. The molecular weight excluding hydrogens is 1210 g/mol. The number of Topliss-reactive ketones (excluding diaryl/α,β-unsaturated/α-hetero) is 1. The molecule has 0 aliphatic carbocycles. The Labute approximate surface area is 565 Å². The number of ether oxygens (including phenoxy) is 5. The molecule has 0 bridgehead atoms. The normalized spacial score (nSPS) is 6.54. The molecule has 0 fully saturated rings. The summed E-state index contributed by atoms with van der Waals surface area (Å²) >= 11 is 18.5. The van der Waals surface area contributed by atoms with Gasteiger partial charge in [0.15, 0.2) is 5.11 Å². The van der Waals surface area contributed by atoms with Gasteiger partial charge >= 0.3 is 11.9 Å². The van der Waals surface area contributed by atoms with Crippen LogP contribution in [0.15, 0.2) is 0 Å². The van der Waals surface area contributed by atoms with Gasteiger partial charge in [-0.25, -0.2) is 0 Å². The quantitative estimate of drug-likeness (QED) is 0.164. The van der Waals surface area contributed by atoms with Gasteiger partial charge in [0.2, 0.25) is 11.8 Å². The number of carbonyl (C=O) groups excluding carboxylic acids is 7. The lowest BCUT2D eigenvalue weighted by Gasteiger charge is -2.20. The Hall–Kier alpha value is -3.47. The number of nitrogens with zero attached hydrogens (tertiary/aromatic N) is 9. The maximum atomic E-state index is 10.4. The van der Waals surface area contributed by atoms with Gasteiger partial charge in [0.25, 0.3) is 20.8 Å². The Balaban J connectivity index is -0.0000000184. The summed E-state index contributed by atoms with van der Waals surface area (Å²) in [4.78, 5) is 85.0. The van der Waals surface area contributed by atoms with Gasteiger partial charge in [-0.3, -0.25) is 28.8 Å². The first-order chi connectivity index (χ1) is 32.4. The largest absolute Gasteiger partial charge is 0.474 e. The van der Waals surface area contributed by atoms with Gasteiger partial charge in [0.05, 0.1) is 28.4 Å². The zero-order valence-corrected chi connectivity index (χ0v) is 56.3. The molecule has 0 aliphatic heterocycles. The fourth-order valence-corrected chi connectivity index (χ4v) is 1.86. The number of methoxy groups -OCH3 is 5. The fourth-order valence-electron chi connectivity index (χ4n) is 1.13. The number of ketones is 1. The highest BCUT2D eigenvalue weighted by Gasteiger charge is 1.98. The molecule has 0 saturated carbocycles. The van der Waals surface area contributed by atoms with Crippen molar-refractivity contribution in [2.75, 3.05) is 202 Å². The zero-order chi connectivity index (χ0) is 61.6. The van der Waals surface area contributed by atoms with Crippen LogP contribution >= 0.6 is 71.9 Å². The van der Waals surface area contributed by atoms with E-state index in [0.29, 0.717) is 10.3 Å². The molecule has 0 atom stereocenters. The van der Waals surface area contributed by atoms with Crippen LogP contribution in [0.1, 0.15) is 138 Å². The lowest BCUT2D eigenvalue weighted by molar-refractivity contribution is -0.138. The predicted octanol–water partition coefficient (Wildman–Crippen LogP) is 14.2. The van der Waals surface area contributed by atoms with E-state index in [-0.39, 0.29) is 137 Å². The van der Waals surface area contributed by atoms with E-state index in [1.54, 1.807) is 129 Å². The van der Waals surface area contributed by atoms with Crippen LogP contribution < -0.4 is 0 Å². The zero-order valence-electron chi connectivity index (χ0n) is 51.4. The minimum atomic E-state index is -0.245. The molecule has 27 heteroatoms. The number of amides is 4. The van der Waals surface area contributed by atoms with Crippen LogP contribution in [0.25, 0.3) is 0 Å². The Morgan fingerprint density at radius 3 is 0.424 bits per heavy atom. The molecule has 21 nitrogen and oxygen atoms in total. The maximum absolute atomic E-state index is 10.4. The third-order valence-corrected chi connectivity index (χ3v) is 7.98. The van der Waals surface area contributed by atoms with E-state index >= 15 is 0 Å². The van der Waals surface area contributed by atoms with E-state index in [2.05, 4.69) is 48.1 Å². The summed E-state index contributed by atoms with van der Waals surface area (Å²) in [6.07, 6.45) is 7.62. The Morgan fingerprint density at radius 2 is 0.424 bits per heavy atom. The number of esters is 2. The summed E-state index contributed by atoms with van der Waals surface area (Å²) in [6.45, 7) is 8.83. The molecule has 0 saturated heterocycles. The molecule has 0 unspecified atom stereocenters. The third-order valence-electron chi connectivity index (χ3n) is 4.76. The average Bonchev–Trinajstić information content (AvgIpc) is 3.26. The molecule has 0 spiro atoms. The second-order valence-electron chi connectivity index (χ2n) is 14.8. The van der Waals surface area contributed by atoms with Crippen LogP contribution in [0.3, 0.4) is 0 Å². The average molecular weight is 1370 g/mol. The van der Waals surface area contributed by atoms with Crippen LogP contribution in [0.4, 0.5) is 9.59 Å². The highest BCUT2D eigenvalue weighted by molar-refractivity contribution is 8.13.